The van der Waals surface area contributed by atoms with E-state index in [2.05, 4.69) is 0 Å². The van der Waals surface area contributed by atoms with Crippen LogP contribution in [0.4, 0.5) is 0 Å². The molecule has 0 spiro atoms. The van der Waals surface area contributed by atoms with Crippen molar-refractivity contribution in [3.63, 3.8) is 0 Å². The highest BCUT2D eigenvalue weighted by Crippen LogP contribution is 2.32. The number of hydrogen-bond acceptors (Lipinski definition) is 4. The smallest absolute Gasteiger partial charge is 0.330 e. The van der Waals surface area contributed by atoms with Gasteiger partial charge >= 0.3 is 5.97 Å². The molecule has 3 atom stereocenters. The van der Waals surface area contributed by atoms with Gasteiger partial charge in [0.1, 0.15) is 12.2 Å². The van der Waals surface area contributed by atoms with Crippen LogP contribution in [0.25, 0.3) is 0 Å². The van der Waals surface area contributed by atoms with Gasteiger partial charge < -0.3 is 14.6 Å². The fourth-order valence-corrected chi connectivity index (χ4v) is 1.16. The molecule has 1 aliphatic heterocycles. The number of ether oxygens (including phenoxy) is 2. The van der Waals surface area contributed by atoms with Gasteiger partial charge in [-0.1, -0.05) is 34.8 Å². The zero-order chi connectivity index (χ0) is 11.6. The van der Waals surface area contributed by atoms with Gasteiger partial charge in [0.2, 0.25) is 10.1 Å². The van der Waals surface area contributed by atoms with Crippen LogP contribution in [0.5, 0.6) is 0 Å². The summed E-state index contributed by atoms with van der Waals surface area (Å²) in [7, 11) is 0. The van der Waals surface area contributed by atoms with E-state index >= 15 is 0 Å². The van der Waals surface area contributed by atoms with Crippen molar-refractivity contribution in [3.8, 4) is 0 Å². The number of halogens is 3. The number of hydrogen-bond donors (Lipinski definition) is 1. The molecule has 15 heavy (non-hydrogen) atoms. The summed E-state index contributed by atoms with van der Waals surface area (Å²) < 4.78 is 7.90. The number of aliphatic hydroxyl groups is 1. The van der Waals surface area contributed by atoms with Gasteiger partial charge in [-0.05, 0) is 13.0 Å². The molecular weight excluding hydrogens is 266 g/mol. The monoisotopic (exact) mass is 274 g/mol. The number of rotatable bonds is 2. The molecule has 0 fully saturated rings. The van der Waals surface area contributed by atoms with Crippen LogP contribution in [0.3, 0.4) is 0 Å². The number of carbonyl (C=O) groups excluding carboxylic acids is 1. The van der Waals surface area contributed by atoms with E-state index in [-0.39, 0.29) is 0 Å². The zero-order valence-electron chi connectivity index (χ0n) is 7.69. The third-order valence-electron chi connectivity index (χ3n) is 1.75. The molecule has 1 rings (SSSR count). The first-order valence-corrected chi connectivity index (χ1v) is 5.23. The van der Waals surface area contributed by atoms with Crippen LogP contribution in [0.2, 0.25) is 0 Å². The molecule has 0 radical (unpaired) electrons. The molecule has 0 aromatic heterocycles. The summed E-state index contributed by atoms with van der Waals surface area (Å²) in [5, 5.41) is 9.33. The Kier molecular flexibility index (Phi) is 4.26. The molecule has 0 saturated carbocycles. The molecular formula is C8H9Cl3O4. The SMILES string of the molecule is C[C@H]1OC(=O)C=C[C@@H]1OC(O)C(Cl)(Cl)Cl. The molecule has 0 aliphatic carbocycles. The fraction of sp³-hybridized carbons (Fsp3) is 0.625. The first-order valence-electron chi connectivity index (χ1n) is 4.10. The molecule has 0 amide bonds. The Morgan fingerprint density at radius 3 is 2.67 bits per heavy atom. The van der Waals surface area contributed by atoms with Crippen LogP contribution in [-0.2, 0) is 14.3 Å². The number of cyclic esters (lactones) is 1. The zero-order valence-corrected chi connectivity index (χ0v) is 9.96. The summed E-state index contributed by atoms with van der Waals surface area (Å²) in [6.45, 7) is 1.61. The van der Waals surface area contributed by atoms with Gasteiger partial charge in [0.05, 0.1) is 0 Å². The minimum Gasteiger partial charge on any atom is -0.456 e. The van der Waals surface area contributed by atoms with E-state index in [1.165, 1.54) is 12.2 Å². The average molecular weight is 276 g/mol. The highest BCUT2D eigenvalue weighted by atomic mass is 35.6. The maximum Gasteiger partial charge on any atom is 0.330 e. The van der Waals surface area contributed by atoms with Gasteiger partial charge in [-0.2, -0.15) is 0 Å². The summed E-state index contributed by atoms with van der Waals surface area (Å²) in [5.74, 6) is -0.467. The molecule has 1 N–H and O–H groups in total. The maximum absolute atomic E-state index is 10.8. The Balaban J connectivity index is 2.59. The second-order valence-corrected chi connectivity index (χ2v) is 5.36. The Hall–Kier alpha value is -0.000000000000000111. The largest absolute Gasteiger partial charge is 0.456 e. The lowest BCUT2D eigenvalue weighted by Gasteiger charge is -2.28. The van der Waals surface area contributed by atoms with Crippen molar-refractivity contribution in [2.75, 3.05) is 0 Å². The molecule has 0 bridgehead atoms. The molecule has 1 aliphatic rings. The summed E-state index contributed by atoms with van der Waals surface area (Å²) in [4.78, 5) is 10.8. The van der Waals surface area contributed by atoms with Crippen molar-refractivity contribution in [2.45, 2.75) is 29.2 Å². The summed E-state index contributed by atoms with van der Waals surface area (Å²) in [6, 6.07) is 0. The van der Waals surface area contributed by atoms with E-state index in [1.54, 1.807) is 6.92 Å². The van der Waals surface area contributed by atoms with Crippen LogP contribution >= 0.6 is 34.8 Å². The Bertz CT molecular complexity index is 274. The van der Waals surface area contributed by atoms with Gasteiger partial charge in [-0.25, -0.2) is 4.79 Å². The minimum atomic E-state index is -1.94. The normalized spacial score (nSPS) is 28.7. The number of aliphatic hydroxyl groups excluding tert-OH is 1. The van der Waals surface area contributed by atoms with Crippen LogP contribution in [0.15, 0.2) is 12.2 Å². The molecule has 86 valence electrons. The Morgan fingerprint density at radius 2 is 2.20 bits per heavy atom. The van der Waals surface area contributed by atoms with Crippen molar-refractivity contribution in [3.05, 3.63) is 12.2 Å². The summed E-state index contributed by atoms with van der Waals surface area (Å²) in [6.07, 6.45) is -0.125. The Morgan fingerprint density at radius 1 is 1.60 bits per heavy atom. The average Bonchev–Trinajstić information content (AvgIpc) is 2.08. The summed E-state index contributed by atoms with van der Waals surface area (Å²) >= 11 is 16.2. The third-order valence-corrected chi connectivity index (χ3v) is 2.31. The molecule has 0 saturated heterocycles. The molecule has 4 nitrogen and oxygen atoms in total. The van der Waals surface area contributed by atoms with E-state index in [0.717, 1.165) is 0 Å². The fourth-order valence-electron chi connectivity index (χ4n) is 1.00. The van der Waals surface area contributed by atoms with E-state index in [1.807, 2.05) is 0 Å². The quantitative estimate of drug-likeness (QED) is 0.472. The van der Waals surface area contributed by atoms with Crippen molar-refractivity contribution >= 4 is 40.8 Å². The number of carbonyl (C=O) groups is 1. The maximum atomic E-state index is 10.8. The van der Waals surface area contributed by atoms with E-state index in [9.17, 15) is 9.90 Å². The highest BCUT2D eigenvalue weighted by molar-refractivity contribution is 6.67. The first kappa shape index (κ1) is 13.1. The molecule has 1 heterocycles. The van der Waals surface area contributed by atoms with Gasteiger partial charge in [-0.3, -0.25) is 0 Å². The van der Waals surface area contributed by atoms with Gasteiger partial charge in [0.15, 0.2) is 0 Å². The van der Waals surface area contributed by atoms with Gasteiger partial charge in [0, 0.05) is 6.08 Å². The lowest BCUT2D eigenvalue weighted by Crippen LogP contribution is -2.39. The summed E-state index contributed by atoms with van der Waals surface area (Å²) in [5.41, 5.74) is 0. The third kappa shape index (κ3) is 3.81. The second-order valence-electron chi connectivity index (χ2n) is 3.00. The van der Waals surface area contributed by atoms with Crippen LogP contribution in [0.1, 0.15) is 6.92 Å². The predicted molar refractivity (Wildman–Crippen MR) is 55.9 cm³/mol. The predicted octanol–water partition coefficient (Wildman–Crippen LogP) is 1.56. The lowest BCUT2D eigenvalue weighted by molar-refractivity contribution is -0.171. The Labute approximate surface area is 102 Å². The van der Waals surface area contributed by atoms with E-state index in [4.69, 9.17) is 44.3 Å². The molecule has 1 unspecified atom stereocenters. The van der Waals surface area contributed by atoms with Gasteiger partial charge in [-0.15, -0.1) is 0 Å². The molecule has 7 heteroatoms. The van der Waals surface area contributed by atoms with Crippen molar-refractivity contribution in [2.24, 2.45) is 0 Å². The molecule has 0 aromatic carbocycles. The van der Waals surface area contributed by atoms with Crippen molar-refractivity contribution in [1.29, 1.82) is 0 Å². The minimum absolute atomic E-state index is 0.467. The van der Waals surface area contributed by atoms with Gasteiger partial charge in [0.25, 0.3) is 0 Å². The number of esters is 1. The standard InChI is InChI=1S/C8H9Cl3O4/c1-4-5(2-3-6(12)14-4)15-7(13)8(9,10)11/h2-5,7,13H,1H3/t4-,5+,7?/m1/s1. The second kappa shape index (κ2) is 4.89. The van der Waals surface area contributed by atoms with E-state index in [0.29, 0.717) is 0 Å². The van der Waals surface area contributed by atoms with Crippen molar-refractivity contribution < 1.29 is 19.4 Å². The van der Waals surface area contributed by atoms with Crippen LogP contribution < -0.4 is 0 Å². The topological polar surface area (TPSA) is 55.8 Å². The van der Waals surface area contributed by atoms with Crippen LogP contribution in [-0.4, -0.2) is 33.4 Å². The lowest BCUT2D eigenvalue weighted by atomic mass is 10.2. The molecule has 0 aromatic rings. The number of alkyl halides is 3. The first-order chi connectivity index (χ1) is 6.80. The van der Waals surface area contributed by atoms with Crippen LogP contribution in [0, 0.1) is 0 Å². The van der Waals surface area contributed by atoms with Crippen molar-refractivity contribution in [1.82, 2.24) is 0 Å². The highest BCUT2D eigenvalue weighted by Gasteiger charge is 2.36. The van der Waals surface area contributed by atoms with E-state index < -0.39 is 28.3 Å².